The van der Waals surface area contributed by atoms with Crippen molar-refractivity contribution < 1.29 is 19.1 Å². The second-order valence-electron chi connectivity index (χ2n) is 7.33. The molecule has 1 aliphatic rings. The Morgan fingerprint density at radius 3 is 2.35 bits per heavy atom. The smallest absolute Gasteiger partial charge is 0.270 e. The summed E-state index contributed by atoms with van der Waals surface area (Å²) in [5.74, 6) is 0.119. The number of benzene rings is 3. The summed E-state index contributed by atoms with van der Waals surface area (Å²) in [4.78, 5) is 27.2. The van der Waals surface area contributed by atoms with Gasteiger partial charge in [-0.3, -0.25) is 19.8 Å². The summed E-state index contributed by atoms with van der Waals surface area (Å²) in [6.07, 6.45) is 1.54. The first-order valence-corrected chi connectivity index (χ1v) is 12.1. The van der Waals surface area contributed by atoms with Crippen LogP contribution in [0, 0.1) is 3.57 Å². The fourth-order valence-electron chi connectivity index (χ4n) is 3.44. The summed E-state index contributed by atoms with van der Waals surface area (Å²) in [7, 11) is 0. The third-order valence-electron chi connectivity index (χ3n) is 4.98. The van der Waals surface area contributed by atoms with Gasteiger partial charge in [0.1, 0.15) is 12.2 Å². The van der Waals surface area contributed by atoms with E-state index in [1.165, 1.54) is 4.90 Å². The number of halogens is 1. The molecule has 0 bridgehead atoms. The largest absolute Gasteiger partial charge is 0.490 e. The zero-order valence-electron chi connectivity index (χ0n) is 18.3. The molecular formula is C26H21IN2O4S. The topological polar surface area (TPSA) is 67.9 Å². The van der Waals surface area contributed by atoms with Crippen LogP contribution in [0.1, 0.15) is 18.1 Å². The molecule has 1 heterocycles. The number of para-hydroxylation sites is 1. The normalized spacial score (nSPS) is 14.8. The number of nitrogens with zero attached hydrogens (tertiary/aromatic N) is 1. The van der Waals surface area contributed by atoms with Gasteiger partial charge in [-0.1, -0.05) is 48.5 Å². The van der Waals surface area contributed by atoms with E-state index in [0.29, 0.717) is 36.0 Å². The molecule has 0 saturated carbocycles. The van der Waals surface area contributed by atoms with E-state index in [1.807, 2.05) is 49.4 Å². The van der Waals surface area contributed by atoms with E-state index in [0.717, 1.165) is 9.13 Å². The maximum atomic E-state index is 13.2. The van der Waals surface area contributed by atoms with Gasteiger partial charge in [0.15, 0.2) is 16.6 Å². The van der Waals surface area contributed by atoms with Gasteiger partial charge in [-0.05, 0) is 83.2 Å². The van der Waals surface area contributed by atoms with Crippen LogP contribution in [0.25, 0.3) is 6.08 Å². The highest BCUT2D eigenvalue weighted by molar-refractivity contribution is 14.1. The van der Waals surface area contributed by atoms with E-state index in [-0.39, 0.29) is 10.7 Å². The van der Waals surface area contributed by atoms with E-state index >= 15 is 0 Å². The Hall–Kier alpha value is -3.24. The lowest BCUT2D eigenvalue weighted by Gasteiger charge is -2.28. The molecule has 1 aliphatic heterocycles. The first-order valence-electron chi connectivity index (χ1n) is 10.6. The standard InChI is InChI=1S/C26H21IN2O4S/c1-2-32-22-15-18(14-21(27)23(22)33-16-17-9-5-3-6-10-17)13-20-24(30)28-26(34)29(25(20)31)19-11-7-4-8-12-19/h3-15H,2,16H2,1H3,(H,28,30,34)/b20-13-. The third-order valence-corrected chi connectivity index (χ3v) is 6.07. The molecule has 172 valence electrons. The summed E-state index contributed by atoms with van der Waals surface area (Å²) in [5, 5.41) is 2.65. The minimum Gasteiger partial charge on any atom is -0.490 e. The highest BCUT2D eigenvalue weighted by Gasteiger charge is 2.34. The molecule has 0 spiro atoms. The number of ether oxygens (including phenoxy) is 2. The first-order chi connectivity index (χ1) is 16.5. The molecule has 1 saturated heterocycles. The van der Waals surface area contributed by atoms with E-state index in [4.69, 9.17) is 21.7 Å². The first kappa shape index (κ1) is 23.9. The van der Waals surface area contributed by atoms with Crippen molar-refractivity contribution in [1.82, 2.24) is 5.32 Å². The van der Waals surface area contributed by atoms with Gasteiger partial charge in [0.25, 0.3) is 11.8 Å². The SMILES string of the molecule is CCOc1cc(/C=C2/C(=O)NC(=S)N(c3ccccc3)C2=O)cc(I)c1OCc1ccccc1. The molecule has 4 rings (SSSR count). The van der Waals surface area contributed by atoms with Crippen LogP contribution >= 0.6 is 34.8 Å². The Labute approximate surface area is 216 Å². The fraction of sp³-hybridized carbons (Fsp3) is 0.115. The van der Waals surface area contributed by atoms with Crippen LogP contribution in [-0.4, -0.2) is 23.5 Å². The monoisotopic (exact) mass is 584 g/mol. The van der Waals surface area contributed by atoms with Gasteiger partial charge < -0.3 is 9.47 Å². The molecule has 2 amide bonds. The molecule has 0 aliphatic carbocycles. The lowest BCUT2D eigenvalue weighted by Crippen LogP contribution is -2.54. The maximum absolute atomic E-state index is 13.2. The number of nitrogens with one attached hydrogen (secondary N) is 1. The molecule has 34 heavy (non-hydrogen) atoms. The van der Waals surface area contributed by atoms with Gasteiger partial charge >= 0.3 is 0 Å². The van der Waals surface area contributed by atoms with Crippen LogP contribution < -0.4 is 19.7 Å². The van der Waals surface area contributed by atoms with Crippen molar-refractivity contribution in [2.24, 2.45) is 0 Å². The van der Waals surface area contributed by atoms with E-state index < -0.39 is 11.8 Å². The van der Waals surface area contributed by atoms with Gasteiger partial charge in [-0.15, -0.1) is 0 Å². The average molecular weight is 584 g/mol. The molecule has 3 aromatic rings. The number of carbonyl (C=O) groups excluding carboxylic acids is 2. The summed E-state index contributed by atoms with van der Waals surface area (Å²) in [6, 6.07) is 22.4. The quantitative estimate of drug-likeness (QED) is 0.181. The zero-order valence-corrected chi connectivity index (χ0v) is 21.3. The maximum Gasteiger partial charge on any atom is 0.270 e. The fourth-order valence-corrected chi connectivity index (χ4v) is 4.50. The molecule has 0 unspecified atom stereocenters. The summed E-state index contributed by atoms with van der Waals surface area (Å²) < 4.78 is 12.7. The lowest BCUT2D eigenvalue weighted by molar-refractivity contribution is -0.122. The van der Waals surface area contributed by atoms with Gasteiger partial charge in [-0.2, -0.15) is 0 Å². The lowest BCUT2D eigenvalue weighted by atomic mass is 10.1. The molecule has 0 radical (unpaired) electrons. The molecule has 0 atom stereocenters. The third kappa shape index (κ3) is 5.28. The van der Waals surface area contributed by atoms with E-state index in [1.54, 1.807) is 36.4 Å². The Morgan fingerprint density at radius 1 is 1.00 bits per heavy atom. The van der Waals surface area contributed by atoms with Crippen LogP contribution in [0.15, 0.2) is 78.4 Å². The Morgan fingerprint density at radius 2 is 1.68 bits per heavy atom. The van der Waals surface area contributed by atoms with Crippen LogP contribution in [-0.2, 0) is 16.2 Å². The molecule has 3 aromatic carbocycles. The summed E-state index contributed by atoms with van der Waals surface area (Å²) >= 11 is 7.42. The number of amides is 2. The van der Waals surface area contributed by atoms with Crippen molar-refractivity contribution in [1.29, 1.82) is 0 Å². The van der Waals surface area contributed by atoms with E-state index in [9.17, 15) is 9.59 Å². The van der Waals surface area contributed by atoms with Crippen molar-refractivity contribution in [3.63, 3.8) is 0 Å². The van der Waals surface area contributed by atoms with Gasteiger partial charge in [-0.25, -0.2) is 0 Å². The van der Waals surface area contributed by atoms with Gasteiger partial charge in [0.2, 0.25) is 0 Å². The minimum atomic E-state index is -0.542. The number of thiocarbonyl (C=S) groups is 1. The predicted molar refractivity (Wildman–Crippen MR) is 144 cm³/mol. The molecule has 8 heteroatoms. The second kappa shape index (κ2) is 10.8. The predicted octanol–water partition coefficient (Wildman–Crippen LogP) is 5.10. The number of rotatable bonds is 7. The average Bonchev–Trinajstić information content (AvgIpc) is 2.83. The van der Waals surface area contributed by atoms with Crippen molar-refractivity contribution >= 4 is 63.5 Å². The van der Waals surface area contributed by atoms with E-state index in [2.05, 4.69) is 27.9 Å². The Bertz CT molecular complexity index is 1260. The number of anilines is 1. The molecule has 6 nitrogen and oxygen atoms in total. The summed E-state index contributed by atoms with van der Waals surface area (Å²) in [5.41, 5.74) is 2.24. The minimum absolute atomic E-state index is 0.0198. The van der Waals surface area contributed by atoms with Crippen molar-refractivity contribution in [2.45, 2.75) is 13.5 Å². The molecular weight excluding hydrogens is 563 g/mol. The van der Waals surface area contributed by atoms with Crippen molar-refractivity contribution in [2.75, 3.05) is 11.5 Å². The van der Waals surface area contributed by atoms with Crippen molar-refractivity contribution in [3.8, 4) is 11.5 Å². The number of hydrogen-bond donors (Lipinski definition) is 1. The second-order valence-corrected chi connectivity index (χ2v) is 8.88. The highest BCUT2D eigenvalue weighted by atomic mass is 127. The molecule has 1 fully saturated rings. The Balaban J connectivity index is 1.66. The zero-order chi connectivity index (χ0) is 24.1. The van der Waals surface area contributed by atoms with Crippen molar-refractivity contribution in [3.05, 3.63) is 93.1 Å². The Kier molecular flexibility index (Phi) is 7.59. The van der Waals surface area contributed by atoms with Gasteiger partial charge in [0, 0.05) is 0 Å². The van der Waals surface area contributed by atoms with Crippen LogP contribution in [0.3, 0.4) is 0 Å². The van der Waals surface area contributed by atoms with Crippen LogP contribution in [0.2, 0.25) is 0 Å². The molecule has 0 aromatic heterocycles. The highest BCUT2D eigenvalue weighted by Crippen LogP contribution is 2.36. The summed E-state index contributed by atoms with van der Waals surface area (Å²) in [6.45, 7) is 2.71. The van der Waals surface area contributed by atoms with Gasteiger partial charge in [0.05, 0.1) is 15.9 Å². The van der Waals surface area contributed by atoms with Crippen LogP contribution in [0.4, 0.5) is 5.69 Å². The molecule has 1 N–H and O–H groups in total. The number of carbonyl (C=O) groups is 2. The van der Waals surface area contributed by atoms with Crippen LogP contribution in [0.5, 0.6) is 11.5 Å². The number of hydrogen-bond acceptors (Lipinski definition) is 5.